The SMILES string of the molecule is O=C(NCc1ccc(F)cc1F)c1cn2c(c(O)c1=O)C(=O)N1CCCC[C@@]2(CF)C1. The Bertz CT molecular complexity index is 1130. The lowest BCUT2D eigenvalue weighted by Crippen LogP contribution is -2.55. The minimum Gasteiger partial charge on any atom is -0.503 e. The van der Waals surface area contributed by atoms with Crippen LogP contribution in [0.4, 0.5) is 13.2 Å². The van der Waals surface area contributed by atoms with Crippen LogP contribution < -0.4 is 10.7 Å². The van der Waals surface area contributed by atoms with Crippen LogP contribution in [0.1, 0.15) is 45.7 Å². The summed E-state index contributed by atoms with van der Waals surface area (Å²) < 4.78 is 42.3. The molecule has 0 saturated carbocycles. The van der Waals surface area contributed by atoms with Crippen LogP contribution in [0.3, 0.4) is 0 Å². The predicted octanol–water partition coefficient (Wildman–Crippen LogP) is 2.07. The van der Waals surface area contributed by atoms with Crippen molar-refractivity contribution >= 4 is 11.8 Å². The zero-order chi connectivity index (χ0) is 22.3. The van der Waals surface area contributed by atoms with E-state index in [0.717, 1.165) is 18.3 Å². The fourth-order valence-corrected chi connectivity index (χ4v) is 4.24. The topological polar surface area (TPSA) is 91.6 Å². The molecule has 0 spiro atoms. The number of carbonyl (C=O) groups excluding carboxylic acids is 2. The number of aromatic nitrogens is 1. The Morgan fingerprint density at radius 2 is 2.00 bits per heavy atom. The second-order valence-corrected chi connectivity index (χ2v) is 7.90. The van der Waals surface area contributed by atoms with Gasteiger partial charge < -0.3 is 19.9 Å². The molecule has 2 N–H and O–H groups in total. The van der Waals surface area contributed by atoms with E-state index in [4.69, 9.17) is 0 Å². The van der Waals surface area contributed by atoms with Gasteiger partial charge in [-0.2, -0.15) is 0 Å². The maximum Gasteiger partial charge on any atom is 0.274 e. The fourth-order valence-electron chi connectivity index (χ4n) is 4.24. The van der Waals surface area contributed by atoms with Crippen molar-refractivity contribution in [1.29, 1.82) is 0 Å². The standard InChI is InChI=1S/C21H20F3N3O4/c22-10-21-5-1-2-6-26(11-21)20(31)16-18(29)17(28)14(9-27(16)21)19(30)25-8-12-3-4-13(23)7-15(12)24/h3-4,7,9,29H,1-2,5-6,8,10-11H2,(H,25,30)/t21-/m1/s1. The summed E-state index contributed by atoms with van der Waals surface area (Å²) in [5.74, 6) is -4.09. The first-order chi connectivity index (χ1) is 14.8. The van der Waals surface area contributed by atoms with Gasteiger partial charge in [-0.1, -0.05) is 6.07 Å². The molecule has 3 heterocycles. The fraction of sp³-hybridized carbons (Fsp3) is 0.381. The number of nitrogens with zero attached hydrogens (tertiary/aromatic N) is 2. The van der Waals surface area contributed by atoms with E-state index in [1.54, 1.807) is 0 Å². The van der Waals surface area contributed by atoms with Gasteiger partial charge in [0.2, 0.25) is 5.43 Å². The molecule has 1 atom stereocenters. The number of carbonyl (C=O) groups is 2. The van der Waals surface area contributed by atoms with Crippen molar-refractivity contribution in [3.8, 4) is 5.75 Å². The molecule has 7 nitrogen and oxygen atoms in total. The number of pyridine rings is 1. The second kappa shape index (κ2) is 7.75. The van der Waals surface area contributed by atoms with Crippen LogP contribution in [-0.2, 0) is 12.1 Å². The van der Waals surface area contributed by atoms with Crippen molar-refractivity contribution in [1.82, 2.24) is 14.8 Å². The van der Waals surface area contributed by atoms with Crippen molar-refractivity contribution < 1.29 is 27.9 Å². The smallest absolute Gasteiger partial charge is 0.274 e. The largest absolute Gasteiger partial charge is 0.503 e. The van der Waals surface area contributed by atoms with Gasteiger partial charge in [-0.3, -0.25) is 14.4 Å². The van der Waals surface area contributed by atoms with Gasteiger partial charge in [-0.25, -0.2) is 13.2 Å². The molecular weight excluding hydrogens is 415 g/mol. The zero-order valence-electron chi connectivity index (χ0n) is 16.5. The zero-order valence-corrected chi connectivity index (χ0v) is 16.5. The molecule has 2 aliphatic heterocycles. The number of rotatable bonds is 4. The van der Waals surface area contributed by atoms with Crippen LogP contribution in [0.2, 0.25) is 0 Å². The summed E-state index contributed by atoms with van der Waals surface area (Å²) in [5, 5.41) is 12.8. The number of amides is 2. The lowest BCUT2D eigenvalue weighted by molar-refractivity contribution is 0.0516. The number of halogens is 3. The minimum atomic E-state index is -1.19. The number of nitrogens with one attached hydrogen (secondary N) is 1. The molecular formula is C21H20F3N3O4. The van der Waals surface area contributed by atoms with E-state index < -0.39 is 52.4 Å². The summed E-state index contributed by atoms with van der Waals surface area (Å²) >= 11 is 0. The molecule has 0 radical (unpaired) electrons. The molecule has 2 aliphatic rings. The predicted molar refractivity (Wildman–Crippen MR) is 104 cm³/mol. The van der Waals surface area contributed by atoms with E-state index in [0.29, 0.717) is 31.9 Å². The average Bonchev–Trinajstić information content (AvgIpc) is 2.95. The van der Waals surface area contributed by atoms with Crippen molar-refractivity contribution in [2.24, 2.45) is 0 Å². The first kappa shape index (κ1) is 21.0. The Morgan fingerprint density at radius 3 is 2.71 bits per heavy atom. The number of aromatic hydroxyl groups is 1. The van der Waals surface area contributed by atoms with Gasteiger partial charge in [0.1, 0.15) is 23.9 Å². The molecule has 4 rings (SSSR count). The minimum absolute atomic E-state index is 0.00755. The van der Waals surface area contributed by atoms with Gasteiger partial charge >= 0.3 is 0 Å². The van der Waals surface area contributed by atoms with Gasteiger partial charge in [-0.05, 0) is 25.3 Å². The molecule has 1 saturated heterocycles. The number of fused-ring (bicyclic) bond motifs is 4. The summed E-state index contributed by atoms with van der Waals surface area (Å²) in [6.45, 7) is -0.735. The summed E-state index contributed by atoms with van der Waals surface area (Å²) in [6, 6.07) is 2.84. The highest BCUT2D eigenvalue weighted by Gasteiger charge is 2.46. The van der Waals surface area contributed by atoms with Gasteiger partial charge in [0.15, 0.2) is 11.4 Å². The molecule has 164 valence electrons. The highest BCUT2D eigenvalue weighted by Crippen LogP contribution is 2.37. The Morgan fingerprint density at radius 1 is 1.23 bits per heavy atom. The first-order valence-electron chi connectivity index (χ1n) is 9.84. The van der Waals surface area contributed by atoms with Crippen molar-refractivity contribution in [3.05, 3.63) is 63.1 Å². The second-order valence-electron chi connectivity index (χ2n) is 7.90. The van der Waals surface area contributed by atoms with Gasteiger partial charge in [-0.15, -0.1) is 0 Å². The molecule has 1 fully saturated rings. The van der Waals surface area contributed by atoms with Crippen LogP contribution >= 0.6 is 0 Å². The highest BCUT2D eigenvalue weighted by molar-refractivity contribution is 5.99. The third kappa shape index (κ3) is 3.45. The maximum atomic E-state index is 14.2. The van der Waals surface area contributed by atoms with Crippen LogP contribution in [0.25, 0.3) is 0 Å². The quantitative estimate of drug-likeness (QED) is 0.769. The lowest BCUT2D eigenvalue weighted by Gasteiger charge is -2.42. The molecule has 2 amide bonds. The highest BCUT2D eigenvalue weighted by atomic mass is 19.1. The van der Waals surface area contributed by atoms with E-state index in [-0.39, 0.29) is 24.3 Å². The molecule has 2 aromatic rings. The Labute approximate surface area is 175 Å². The summed E-state index contributed by atoms with van der Waals surface area (Å²) in [4.78, 5) is 39.5. The summed E-state index contributed by atoms with van der Waals surface area (Å²) in [5.41, 5.74) is -3.11. The van der Waals surface area contributed by atoms with E-state index in [2.05, 4.69) is 5.32 Å². The third-order valence-electron chi connectivity index (χ3n) is 5.94. The molecule has 31 heavy (non-hydrogen) atoms. The van der Waals surface area contributed by atoms with Crippen LogP contribution in [-0.4, -0.2) is 46.2 Å². The third-order valence-corrected chi connectivity index (χ3v) is 5.94. The number of hydrogen-bond acceptors (Lipinski definition) is 4. The number of alkyl halides is 1. The Hall–Kier alpha value is -3.30. The van der Waals surface area contributed by atoms with E-state index >= 15 is 0 Å². The maximum absolute atomic E-state index is 14.2. The lowest BCUT2D eigenvalue weighted by atomic mass is 9.91. The van der Waals surface area contributed by atoms with Crippen LogP contribution in [0.5, 0.6) is 5.75 Å². The van der Waals surface area contributed by atoms with E-state index in [1.807, 2.05) is 0 Å². The number of hydrogen-bond donors (Lipinski definition) is 2. The monoisotopic (exact) mass is 435 g/mol. The van der Waals surface area contributed by atoms with Gasteiger partial charge in [0.05, 0.1) is 5.54 Å². The molecule has 1 aromatic carbocycles. The molecule has 2 bridgehead atoms. The van der Waals surface area contributed by atoms with Crippen molar-refractivity contribution in [2.45, 2.75) is 31.3 Å². The summed E-state index contributed by atoms with van der Waals surface area (Å²) in [6.07, 6.45) is 2.74. The van der Waals surface area contributed by atoms with E-state index in [9.17, 15) is 32.7 Å². The Balaban J connectivity index is 1.73. The molecule has 10 heteroatoms. The molecule has 0 aliphatic carbocycles. The van der Waals surface area contributed by atoms with E-state index in [1.165, 1.54) is 9.47 Å². The first-order valence-corrected chi connectivity index (χ1v) is 9.84. The van der Waals surface area contributed by atoms with Crippen molar-refractivity contribution in [3.63, 3.8) is 0 Å². The summed E-state index contributed by atoms with van der Waals surface area (Å²) in [7, 11) is 0. The van der Waals surface area contributed by atoms with Gasteiger partial charge in [0, 0.05) is 37.5 Å². The Kier molecular flexibility index (Phi) is 5.24. The van der Waals surface area contributed by atoms with Crippen molar-refractivity contribution in [2.75, 3.05) is 19.8 Å². The molecule has 1 aromatic heterocycles. The van der Waals surface area contributed by atoms with Crippen LogP contribution in [0.15, 0.2) is 29.2 Å². The average molecular weight is 435 g/mol. The molecule has 0 unspecified atom stereocenters. The normalized spacial score (nSPS) is 20.2. The number of benzene rings is 1. The van der Waals surface area contributed by atoms with Crippen LogP contribution in [0, 0.1) is 11.6 Å². The van der Waals surface area contributed by atoms with Gasteiger partial charge in [0.25, 0.3) is 11.8 Å².